The largest absolute Gasteiger partial charge is 0.457 e. The predicted octanol–water partition coefficient (Wildman–Crippen LogP) is 0.350. The fraction of sp³-hybridized carbons (Fsp3) is 0.500. The lowest BCUT2D eigenvalue weighted by atomic mass is 10.0. The molecule has 0 aliphatic heterocycles. The first kappa shape index (κ1) is 17.4. The van der Waals surface area contributed by atoms with Crippen LogP contribution in [0.5, 0.6) is 0 Å². The molecule has 2 aromatic heterocycles. The lowest BCUT2D eigenvalue weighted by Crippen LogP contribution is -2.18. The van der Waals surface area contributed by atoms with Crippen molar-refractivity contribution in [2.24, 2.45) is 11.8 Å². The molecule has 5 N–H and O–H groups in total. The van der Waals surface area contributed by atoms with Crippen molar-refractivity contribution in [3.8, 4) is 11.8 Å². The van der Waals surface area contributed by atoms with Crippen LogP contribution in [-0.2, 0) is 0 Å². The number of nitrogens with two attached hydrogens (primary N) is 1. The van der Waals surface area contributed by atoms with Gasteiger partial charge in [-0.15, -0.1) is 0 Å². The van der Waals surface area contributed by atoms with Gasteiger partial charge in [-0.25, -0.2) is 20.8 Å². The number of nitrogen functional groups attached to an aromatic ring is 1. The van der Waals surface area contributed by atoms with Gasteiger partial charge in [0.1, 0.15) is 12.4 Å². The summed E-state index contributed by atoms with van der Waals surface area (Å²) in [5.74, 6) is 7.93. The molecule has 0 aromatic carbocycles. The first-order chi connectivity index (χ1) is 11.8. The lowest BCUT2D eigenvalue weighted by molar-refractivity contribution is -0.0701. The third-order valence-corrected chi connectivity index (χ3v) is 4.19. The molecular weight excluding hydrogens is 341 g/mol. The van der Waals surface area contributed by atoms with E-state index in [2.05, 4.69) is 20.4 Å². The Morgan fingerprint density at radius 2 is 2.08 bits per heavy atom. The second-order valence-corrected chi connectivity index (χ2v) is 5.77. The van der Waals surface area contributed by atoms with E-state index < -0.39 is 30.3 Å². The number of halogens is 3. The molecule has 2 aromatic rings. The zero-order chi connectivity index (χ0) is 18.2. The molecule has 0 saturated heterocycles. The maximum absolute atomic E-state index is 12.1. The van der Waals surface area contributed by atoms with E-state index in [1.807, 2.05) is 0 Å². The number of hydrogen-bond acceptors (Lipinski definition) is 7. The monoisotopic (exact) mass is 356 g/mol. The van der Waals surface area contributed by atoms with E-state index in [9.17, 15) is 23.4 Å². The number of aliphatic hydroxyl groups excluding tert-OH is 2. The SMILES string of the molecule is NNc1ncnc2c1ncn2[C@@H]1C[C@H]([C@H](O)C#CC(F)(F)F)C[C@H]1O. The smallest absolute Gasteiger partial charge is 0.391 e. The van der Waals surface area contributed by atoms with Crippen molar-refractivity contribution in [3.63, 3.8) is 0 Å². The molecule has 0 unspecified atom stereocenters. The maximum Gasteiger partial charge on any atom is 0.457 e. The van der Waals surface area contributed by atoms with Crippen molar-refractivity contribution in [1.29, 1.82) is 0 Å². The highest BCUT2D eigenvalue weighted by Gasteiger charge is 2.38. The lowest BCUT2D eigenvalue weighted by Gasteiger charge is -2.16. The number of imidazole rings is 1. The van der Waals surface area contributed by atoms with Crippen molar-refractivity contribution in [2.45, 2.75) is 37.3 Å². The molecular formula is C14H15F3N6O2. The van der Waals surface area contributed by atoms with Gasteiger partial charge in [0.15, 0.2) is 17.0 Å². The summed E-state index contributed by atoms with van der Waals surface area (Å²) in [5.41, 5.74) is 3.21. The van der Waals surface area contributed by atoms with E-state index in [1.165, 1.54) is 12.7 Å². The molecule has 0 bridgehead atoms. The van der Waals surface area contributed by atoms with Crippen molar-refractivity contribution >= 4 is 17.0 Å². The molecule has 1 saturated carbocycles. The van der Waals surface area contributed by atoms with Crippen LogP contribution >= 0.6 is 0 Å². The summed E-state index contributed by atoms with van der Waals surface area (Å²) in [5, 5.41) is 20.2. The van der Waals surface area contributed by atoms with Gasteiger partial charge in [-0.05, 0) is 12.8 Å². The van der Waals surface area contributed by atoms with E-state index in [1.54, 1.807) is 10.5 Å². The molecule has 1 aliphatic rings. The Bertz CT molecular complexity index is 827. The fourth-order valence-corrected chi connectivity index (χ4v) is 3.06. The van der Waals surface area contributed by atoms with Crippen LogP contribution in [0, 0.1) is 17.8 Å². The normalized spacial score (nSPS) is 24.8. The van der Waals surface area contributed by atoms with Gasteiger partial charge < -0.3 is 20.2 Å². The van der Waals surface area contributed by atoms with Crippen LogP contribution in [0.25, 0.3) is 11.2 Å². The molecule has 1 aliphatic carbocycles. The van der Waals surface area contributed by atoms with E-state index in [0.29, 0.717) is 17.0 Å². The average Bonchev–Trinajstić information content (AvgIpc) is 3.14. The van der Waals surface area contributed by atoms with Crippen molar-refractivity contribution in [3.05, 3.63) is 12.7 Å². The third kappa shape index (κ3) is 3.51. The van der Waals surface area contributed by atoms with E-state index >= 15 is 0 Å². The zero-order valence-corrected chi connectivity index (χ0v) is 12.8. The van der Waals surface area contributed by atoms with Gasteiger partial charge in [0.25, 0.3) is 0 Å². The average molecular weight is 356 g/mol. The Balaban J connectivity index is 1.84. The Morgan fingerprint density at radius 1 is 1.32 bits per heavy atom. The highest BCUT2D eigenvalue weighted by molar-refractivity contribution is 5.82. The molecule has 1 fully saturated rings. The summed E-state index contributed by atoms with van der Waals surface area (Å²) in [4.78, 5) is 12.2. The van der Waals surface area contributed by atoms with Gasteiger partial charge in [0, 0.05) is 11.8 Å². The standard InChI is InChI=1S/C14H15F3N6O2/c15-14(16,17)2-1-9(24)7-3-8(10(25)4-7)23-6-21-11-12(22-18)19-5-20-13(11)23/h5-10,24-25H,3-4,18H2,(H,19,20,22)/t7-,8+,9+,10+/m0/s1. The molecule has 2 heterocycles. The number of hydrogen-bond donors (Lipinski definition) is 4. The number of rotatable bonds is 3. The molecule has 11 heteroatoms. The van der Waals surface area contributed by atoms with Crippen LogP contribution in [0.3, 0.4) is 0 Å². The summed E-state index contributed by atoms with van der Waals surface area (Å²) in [6, 6.07) is -0.502. The third-order valence-electron chi connectivity index (χ3n) is 4.19. The van der Waals surface area contributed by atoms with Gasteiger partial charge >= 0.3 is 6.18 Å². The van der Waals surface area contributed by atoms with Crippen molar-refractivity contribution < 1.29 is 23.4 Å². The van der Waals surface area contributed by atoms with E-state index in [0.717, 1.165) is 5.92 Å². The van der Waals surface area contributed by atoms with Gasteiger partial charge in [-0.3, -0.25) is 0 Å². The number of nitrogens with one attached hydrogen (secondary N) is 1. The number of hydrazine groups is 1. The Kier molecular flexibility index (Phi) is 4.51. The number of aromatic nitrogens is 4. The summed E-state index contributed by atoms with van der Waals surface area (Å²) in [7, 11) is 0. The van der Waals surface area contributed by atoms with Crippen LogP contribution in [0.4, 0.5) is 19.0 Å². The Hall–Kier alpha value is -2.42. The van der Waals surface area contributed by atoms with Crippen LogP contribution in [0.1, 0.15) is 18.9 Å². The van der Waals surface area contributed by atoms with Crippen molar-refractivity contribution in [1.82, 2.24) is 19.5 Å². The molecule has 0 radical (unpaired) electrons. The summed E-state index contributed by atoms with van der Waals surface area (Å²) in [6.45, 7) is 0. The summed E-state index contributed by atoms with van der Waals surface area (Å²) < 4.78 is 38.0. The molecule has 3 rings (SSSR count). The number of anilines is 1. The zero-order valence-electron chi connectivity index (χ0n) is 12.8. The minimum atomic E-state index is -4.67. The topological polar surface area (TPSA) is 122 Å². The van der Waals surface area contributed by atoms with E-state index in [-0.39, 0.29) is 12.8 Å². The second-order valence-electron chi connectivity index (χ2n) is 5.77. The molecule has 4 atom stereocenters. The highest BCUT2D eigenvalue weighted by Crippen LogP contribution is 2.38. The number of fused-ring (bicyclic) bond motifs is 1. The summed E-state index contributed by atoms with van der Waals surface area (Å²) in [6.07, 6.45) is -3.95. The van der Waals surface area contributed by atoms with Crippen molar-refractivity contribution in [2.75, 3.05) is 5.43 Å². The minimum absolute atomic E-state index is 0.116. The highest BCUT2D eigenvalue weighted by atomic mass is 19.4. The molecule has 134 valence electrons. The van der Waals surface area contributed by atoms with Gasteiger partial charge in [-0.2, -0.15) is 13.2 Å². The fourth-order valence-electron chi connectivity index (χ4n) is 3.06. The maximum atomic E-state index is 12.1. The minimum Gasteiger partial charge on any atom is -0.391 e. The Morgan fingerprint density at radius 3 is 2.76 bits per heavy atom. The van der Waals surface area contributed by atoms with Crippen LogP contribution in [0.15, 0.2) is 12.7 Å². The quantitative estimate of drug-likeness (QED) is 0.356. The van der Waals surface area contributed by atoms with Crippen LogP contribution in [-0.4, -0.2) is 48.1 Å². The number of aliphatic hydroxyl groups is 2. The molecule has 0 amide bonds. The molecule has 8 nitrogen and oxygen atoms in total. The van der Waals surface area contributed by atoms with Gasteiger partial charge in [0.05, 0.1) is 18.5 Å². The summed E-state index contributed by atoms with van der Waals surface area (Å²) >= 11 is 0. The first-order valence-electron chi connectivity index (χ1n) is 7.40. The molecule has 25 heavy (non-hydrogen) atoms. The Labute approximate surface area is 139 Å². The van der Waals surface area contributed by atoms with Gasteiger partial charge in [0.2, 0.25) is 0 Å². The predicted molar refractivity (Wildman–Crippen MR) is 80.7 cm³/mol. The first-order valence-corrected chi connectivity index (χ1v) is 7.40. The van der Waals surface area contributed by atoms with Crippen LogP contribution in [0.2, 0.25) is 0 Å². The van der Waals surface area contributed by atoms with Gasteiger partial charge in [-0.1, -0.05) is 5.92 Å². The second kappa shape index (κ2) is 6.47. The van der Waals surface area contributed by atoms with E-state index in [4.69, 9.17) is 5.84 Å². The number of alkyl halides is 3. The van der Waals surface area contributed by atoms with Crippen LogP contribution < -0.4 is 11.3 Å². The number of nitrogens with zero attached hydrogens (tertiary/aromatic N) is 4. The molecule has 0 spiro atoms.